The summed E-state index contributed by atoms with van der Waals surface area (Å²) >= 11 is 11.2. The van der Waals surface area contributed by atoms with Gasteiger partial charge in [0.05, 0.1) is 11.8 Å². The molecule has 0 fully saturated rings. The highest BCUT2D eigenvalue weighted by molar-refractivity contribution is 9.10. The van der Waals surface area contributed by atoms with E-state index in [-0.39, 0.29) is 0 Å². The Morgan fingerprint density at radius 2 is 2.23 bits per heavy atom. The van der Waals surface area contributed by atoms with Gasteiger partial charge in [-0.15, -0.1) is 11.3 Å². The van der Waals surface area contributed by atoms with Gasteiger partial charge < -0.3 is 4.74 Å². The fourth-order valence-corrected chi connectivity index (χ4v) is 3.15. The minimum Gasteiger partial charge on any atom is -0.495 e. The maximum atomic E-state index is 6.12. The van der Waals surface area contributed by atoms with Crippen LogP contribution in [0.1, 0.15) is 0 Å². The second kappa shape index (κ2) is 3.48. The zero-order valence-electron chi connectivity index (χ0n) is 6.80. The molecule has 13 heavy (non-hydrogen) atoms. The molecule has 0 bridgehead atoms. The number of hydrogen-bond acceptors (Lipinski definition) is 2. The number of fused-ring (bicyclic) bond motifs is 1. The van der Waals surface area contributed by atoms with Gasteiger partial charge in [0.2, 0.25) is 0 Å². The number of rotatable bonds is 1. The monoisotopic (exact) mass is 276 g/mol. The van der Waals surface area contributed by atoms with Crippen LogP contribution >= 0.6 is 38.9 Å². The van der Waals surface area contributed by atoms with E-state index in [0.717, 1.165) is 20.3 Å². The van der Waals surface area contributed by atoms with Crippen molar-refractivity contribution in [3.8, 4) is 5.75 Å². The first-order valence-electron chi connectivity index (χ1n) is 3.63. The molecule has 2 rings (SSSR count). The van der Waals surface area contributed by atoms with Crippen LogP contribution in [0.4, 0.5) is 0 Å². The predicted molar refractivity (Wildman–Crippen MR) is 61.1 cm³/mol. The summed E-state index contributed by atoms with van der Waals surface area (Å²) in [4.78, 5) is 0. The molecule has 0 atom stereocenters. The van der Waals surface area contributed by atoms with Gasteiger partial charge in [0, 0.05) is 15.2 Å². The van der Waals surface area contributed by atoms with Crippen LogP contribution in [0.5, 0.6) is 5.75 Å². The fraction of sp³-hybridized carbons (Fsp3) is 0.111. The van der Waals surface area contributed by atoms with Crippen molar-refractivity contribution in [2.75, 3.05) is 7.11 Å². The molecule has 4 heteroatoms. The van der Waals surface area contributed by atoms with Crippen LogP contribution in [0.2, 0.25) is 5.02 Å². The summed E-state index contributed by atoms with van der Waals surface area (Å²) in [6, 6.07) is 3.88. The molecule has 0 aliphatic carbocycles. The van der Waals surface area contributed by atoms with Crippen molar-refractivity contribution in [2.45, 2.75) is 0 Å². The van der Waals surface area contributed by atoms with E-state index in [0.29, 0.717) is 5.02 Å². The lowest BCUT2D eigenvalue weighted by Gasteiger charge is -2.02. The summed E-state index contributed by atoms with van der Waals surface area (Å²) in [7, 11) is 1.62. The number of halogens is 2. The molecule has 0 N–H and O–H groups in total. The van der Waals surface area contributed by atoms with Crippen LogP contribution in [-0.2, 0) is 0 Å². The van der Waals surface area contributed by atoms with Crippen molar-refractivity contribution in [1.29, 1.82) is 0 Å². The van der Waals surface area contributed by atoms with Crippen LogP contribution in [-0.4, -0.2) is 7.11 Å². The molecule has 0 radical (unpaired) electrons. The summed E-state index contributed by atoms with van der Waals surface area (Å²) in [5.41, 5.74) is 0. The molecule has 0 unspecified atom stereocenters. The average molecular weight is 278 g/mol. The van der Waals surface area contributed by atoms with E-state index in [9.17, 15) is 0 Å². The van der Waals surface area contributed by atoms with Crippen molar-refractivity contribution in [2.24, 2.45) is 0 Å². The highest BCUT2D eigenvalue weighted by Gasteiger charge is 2.09. The Balaban J connectivity index is 2.80. The number of methoxy groups -OCH3 is 1. The Kier molecular flexibility index (Phi) is 2.49. The van der Waals surface area contributed by atoms with Gasteiger partial charge in [0.1, 0.15) is 10.8 Å². The van der Waals surface area contributed by atoms with Crippen LogP contribution in [0, 0.1) is 0 Å². The van der Waals surface area contributed by atoms with Crippen LogP contribution in [0.15, 0.2) is 22.0 Å². The van der Waals surface area contributed by atoms with Gasteiger partial charge in [0.15, 0.2) is 0 Å². The summed E-state index contributed by atoms with van der Waals surface area (Å²) < 4.78 is 7.27. The third-order valence-electron chi connectivity index (χ3n) is 1.82. The molecule has 1 nitrogen and oxygen atoms in total. The van der Waals surface area contributed by atoms with E-state index < -0.39 is 0 Å². The number of hydrogen-bond donors (Lipinski definition) is 0. The summed E-state index contributed by atoms with van der Waals surface area (Å²) in [5, 5.41) is 3.85. The van der Waals surface area contributed by atoms with Crippen LogP contribution < -0.4 is 4.74 Å². The van der Waals surface area contributed by atoms with E-state index in [4.69, 9.17) is 16.3 Å². The van der Waals surface area contributed by atoms with Gasteiger partial charge in [-0.3, -0.25) is 0 Å². The number of thiophene rings is 1. The maximum Gasteiger partial charge on any atom is 0.138 e. The van der Waals surface area contributed by atoms with Gasteiger partial charge in [-0.05, 0) is 28.1 Å². The Bertz CT molecular complexity index is 452. The van der Waals surface area contributed by atoms with Gasteiger partial charge >= 0.3 is 0 Å². The lowest BCUT2D eigenvalue weighted by molar-refractivity contribution is 0.415. The molecule has 1 aromatic carbocycles. The lowest BCUT2D eigenvalue weighted by atomic mass is 10.2. The minimum atomic E-state index is 0.690. The van der Waals surface area contributed by atoms with Gasteiger partial charge in [-0.2, -0.15) is 0 Å². The van der Waals surface area contributed by atoms with Gasteiger partial charge in [0.25, 0.3) is 0 Å². The fourth-order valence-electron chi connectivity index (χ4n) is 1.17. The first-order chi connectivity index (χ1) is 6.24. The SMILES string of the molecule is COc1ccc2c(Br)csc2c1Cl. The molecule has 2 aromatic rings. The lowest BCUT2D eigenvalue weighted by Crippen LogP contribution is -1.82. The quantitative estimate of drug-likeness (QED) is 0.754. The molecule has 0 spiro atoms. The standard InChI is InChI=1S/C9H6BrClOS/c1-12-7-3-2-5-6(10)4-13-9(5)8(7)11/h2-4H,1H3. The first-order valence-corrected chi connectivity index (χ1v) is 5.68. The number of ether oxygens (including phenoxy) is 1. The molecule has 1 heterocycles. The summed E-state index contributed by atoms with van der Waals surface area (Å²) in [6.07, 6.45) is 0. The van der Waals surface area contributed by atoms with Gasteiger partial charge in [-0.25, -0.2) is 0 Å². The highest BCUT2D eigenvalue weighted by atomic mass is 79.9. The molecular formula is C9H6BrClOS. The van der Waals surface area contributed by atoms with E-state index >= 15 is 0 Å². The number of benzene rings is 1. The topological polar surface area (TPSA) is 9.23 Å². The van der Waals surface area contributed by atoms with Gasteiger partial charge in [-0.1, -0.05) is 11.6 Å². The maximum absolute atomic E-state index is 6.12. The second-order valence-corrected chi connectivity index (χ2v) is 4.65. The zero-order valence-corrected chi connectivity index (χ0v) is 9.96. The molecule has 0 aliphatic heterocycles. The van der Waals surface area contributed by atoms with Crippen molar-refractivity contribution in [3.63, 3.8) is 0 Å². The zero-order chi connectivity index (χ0) is 9.42. The third-order valence-corrected chi connectivity index (χ3v) is 4.28. The Morgan fingerprint density at radius 3 is 2.92 bits per heavy atom. The highest BCUT2D eigenvalue weighted by Crippen LogP contribution is 2.39. The largest absolute Gasteiger partial charge is 0.495 e. The molecule has 68 valence electrons. The molecular weight excluding hydrogens is 272 g/mol. The minimum absolute atomic E-state index is 0.690. The molecule has 1 aromatic heterocycles. The van der Waals surface area contributed by atoms with Crippen molar-refractivity contribution in [3.05, 3.63) is 27.0 Å². The summed E-state index contributed by atoms with van der Waals surface area (Å²) in [6.45, 7) is 0. The normalized spacial score (nSPS) is 10.7. The van der Waals surface area contributed by atoms with Crippen molar-refractivity contribution < 1.29 is 4.74 Å². The Morgan fingerprint density at radius 1 is 1.46 bits per heavy atom. The molecule has 0 saturated heterocycles. The predicted octanol–water partition coefficient (Wildman–Crippen LogP) is 4.33. The summed E-state index contributed by atoms with van der Waals surface area (Å²) in [5.74, 6) is 0.725. The van der Waals surface area contributed by atoms with Crippen molar-refractivity contribution in [1.82, 2.24) is 0 Å². The average Bonchev–Trinajstić information content (AvgIpc) is 2.50. The van der Waals surface area contributed by atoms with Crippen LogP contribution in [0.3, 0.4) is 0 Å². The Labute approximate surface area is 93.4 Å². The molecule has 0 saturated carbocycles. The smallest absolute Gasteiger partial charge is 0.138 e. The second-order valence-electron chi connectivity index (χ2n) is 2.54. The molecule has 0 aliphatic rings. The van der Waals surface area contributed by atoms with E-state index in [1.807, 2.05) is 17.5 Å². The van der Waals surface area contributed by atoms with E-state index in [1.165, 1.54) is 0 Å². The Hall–Kier alpha value is -0.250. The van der Waals surface area contributed by atoms with Crippen molar-refractivity contribution >= 4 is 49.0 Å². The van der Waals surface area contributed by atoms with E-state index in [1.54, 1.807) is 18.4 Å². The first kappa shape index (κ1) is 9.31. The van der Waals surface area contributed by atoms with E-state index in [2.05, 4.69) is 15.9 Å². The third kappa shape index (κ3) is 1.45. The molecule has 0 amide bonds. The van der Waals surface area contributed by atoms with Crippen LogP contribution in [0.25, 0.3) is 10.1 Å².